The van der Waals surface area contributed by atoms with Gasteiger partial charge < -0.3 is 14.8 Å². The van der Waals surface area contributed by atoms with E-state index in [4.69, 9.17) is 9.47 Å². The molecule has 1 aromatic carbocycles. The molecule has 0 saturated carbocycles. The first-order valence-electron chi connectivity index (χ1n) is 9.19. The van der Waals surface area contributed by atoms with Gasteiger partial charge in [0, 0.05) is 24.8 Å². The maximum absolute atomic E-state index is 12.1. The summed E-state index contributed by atoms with van der Waals surface area (Å²) < 4.78 is 12.8. The van der Waals surface area contributed by atoms with Crippen molar-refractivity contribution < 1.29 is 14.3 Å². The highest BCUT2D eigenvalue weighted by Gasteiger charge is 2.19. The molecule has 2 heterocycles. The Morgan fingerprint density at radius 2 is 2.15 bits per heavy atom. The maximum atomic E-state index is 12.1. The quantitative estimate of drug-likeness (QED) is 0.698. The lowest BCUT2D eigenvalue weighted by Gasteiger charge is -2.14. The maximum Gasteiger partial charge on any atom is 0.230 e. The fraction of sp³-hybridized carbons (Fsp3) is 0.526. The van der Waals surface area contributed by atoms with Gasteiger partial charge in [0.05, 0.1) is 19.0 Å². The molecule has 1 atom stereocenters. The normalized spacial score (nSPS) is 16.7. The fourth-order valence-corrected chi connectivity index (χ4v) is 3.89. The topological polar surface area (TPSA) is 78.3 Å². The Hall–Kier alpha value is -2.06. The number of hydrogen-bond acceptors (Lipinski definition) is 6. The summed E-state index contributed by atoms with van der Waals surface area (Å²) in [5.74, 6) is 1.88. The van der Waals surface area contributed by atoms with Crippen molar-refractivity contribution in [1.82, 2.24) is 20.1 Å². The molecule has 27 heavy (non-hydrogen) atoms. The number of nitrogens with one attached hydrogen (secondary N) is 1. The third-order valence-corrected chi connectivity index (χ3v) is 5.36. The molecule has 1 unspecified atom stereocenters. The van der Waals surface area contributed by atoms with Gasteiger partial charge in [-0.15, -0.1) is 10.2 Å². The molecule has 1 N–H and O–H groups in total. The molecular weight excluding hydrogens is 364 g/mol. The number of thioether (sulfide) groups is 1. The van der Waals surface area contributed by atoms with Gasteiger partial charge in [0.15, 0.2) is 11.0 Å². The molecule has 3 rings (SSSR count). The van der Waals surface area contributed by atoms with E-state index < -0.39 is 0 Å². The Labute approximate surface area is 163 Å². The summed E-state index contributed by atoms with van der Waals surface area (Å²) in [4.78, 5) is 12.1. The van der Waals surface area contributed by atoms with Gasteiger partial charge in [-0.2, -0.15) is 0 Å². The van der Waals surface area contributed by atoms with Crippen molar-refractivity contribution in [2.24, 2.45) is 0 Å². The third-order valence-electron chi connectivity index (χ3n) is 4.41. The highest BCUT2D eigenvalue weighted by Crippen LogP contribution is 2.28. The molecule has 7 nitrogen and oxygen atoms in total. The first kappa shape index (κ1) is 19.7. The summed E-state index contributed by atoms with van der Waals surface area (Å²) >= 11 is 1.40. The predicted octanol–water partition coefficient (Wildman–Crippen LogP) is 2.92. The van der Waals surface area contributed by atoms with Gasteiger partial charge in [-0.05, 0) is 51.0 Å². The smallest absolute Gasteiger partial charge is 0.230 e. The summed E-state index contributed by atoms with van der Waals surface area (Å²) in [6.45, 7) is 5.53. The number of methoxy groups -OCH3 is 1. The van der Waals surface area contributed by atoms with Crippen molar-refractivity contribution in [3.8, 4) is 17.1 Å². The molecule has 1 aliphatic rings. The van der Waals surface area contributed by atoms with Crippen LogP contribution in [0.2, 0.25) is 0 Å². The summed E-state index contributed by atoms with van der Waals surface area (Å²) in [5, 5.41) is 12.3. The minimum Gasteiger partial charge on any atom is -0.497 e. The lowest BCUT2D eigenvalue weighted by Crippen LogP contribution is -2.33. The van der Waals surface area contributed by atoms with E-state index in [1.165, 1.54) is 11.8 Å². The number of nitrogens with zero attached hydrogens (tertiary/aromatic N) is 3. The molecule has 0 aliphatic carbocycles. The Balaban J connectivity index is 1.64. The predicted molar refractivity (Wildman–Crippen MR) is 105 cm³/mol. The molecule has 1 amide bonds. The summed E-state index contributed by atoms with van der Waals surface area (Å²) in [6, 6.07) is 7.91. The molecular formula is C19H26N4O3S. The van der Waals surface area contributed by atoms with E-state index in [1.54, 1.807) is 7.11 Å². The minimum absolute atomic E-state index is 0.0141. The largest absolute Gasteiger partial charge is 0.497 e. The number of benzene rings is 1. The Bertz CT molecular complexity index is 755. The number of carbonyl (C=O) groups is 1. The zero-order valence-corrected chi connectivity index (χ0v) is 16.8. The number of ether oxygens (including phenoxy) is 2. The van der Waals surface area contributed by atoms with Crippen LogP contribution in [0.25, 0.3) is 11.4 Å². The second-order valence-corrected chi connectivity index (χ2v) is 7.67. The van der Waals surface area contributed by atoms with E-state index >= 15 is 0 Å². The second-order valence-electron chi connectivity index (χ2n) is 6.73. The zero-order valence-electron chi connectivity index (χ0n) is 16.0. The first-order valence-corrected chi connectivity index (χ1v) is 10.2. The van der Waals surface area contributed by atoms with E-state index in [1.807, 2.05) is 24.3 Å². The SMILES string of the molecule is COc1ccc(-c2nnc(SCC(=O)NCC3CCCO3)n2C(C)C)cc1. The van der Waals surface area contributed by atoms with Gasteiger partial charge in [0.1, 0.15) is 5.75 Å². The minimum atomic E-state index is -0.0141. The van der Waals surface area contributed by atoms with Crippen LogP contribution in [0, 0.1) is 0 Å². The number of hydrogen-bond donors (Lipinski definition) is 1. The van der Waals surface area contributed by atoms with Crippen LogP contribution in [0.4, 0.5) is 0 Å². The van der Waals surface area contributed by atoms with Crippen LogP contribution in [0.15, 0.2) is 29.4 Å². The van der Waals surface area contributed by atoms with Crippen LogP contribution in [0.3, 0.4) is 0 Å². The Morgan fingerprint density at radius 1 is 1.37 bits per heavy atom. The average molecular weight is 391 g/mol. The highest BCUT2D eigenvalue weighted by atomic mass is 32.2. The van der Waals surface area contributed by atoms with Gasteiger partial charge in [0.2, 0.25) is 5.91 Å². The monoisotopic (exact) mass is 390 g/mol. The number of carbonyl (C=O) groups excluding carboxylic acids is 1. The summed E-state index contributed by atoms with van der Waals surface area (Å²) in [6.07, 6.45) is 2.24. The van der Waals surface area contributed by atoms with Crippen molar-refractivity contribution in [3.05, 3.63) is 24.3 Å². The Morgan fingerprint density at radius 3 is 2.78 bits per heavy atom. The zero-order chi connectivity index (χ0) is 19.2. The second kappa shape index (κ2) is 9.23. The first-order chi connectivity index (χ1) is 13.1. The lowest BCUT2D eigenvalue weighted by molar-refractivity contribution is -0.119. The van der Waals surface area contributed by atoms with Crippen LogP contribution in [0.5, 0.6) is 5.75 Å². The van der Waals surface area contributed by atoms with E-state index in [9.17, 15) is 4.79 Å². The van der Waals surface area contributed by atoms with Crippen LogP contribution >= 0.6 is 11.8 Å². The fourth-order valence-electron chi connectivity index (χ4n) is 2.99. The lowest BCUT2D eigenvalue weighted by atomic mass is 10.2. The molecule has 1 aromatic heterocycles. The molecule has 1 fully saturated rings. The Kier molecular flexibility index (Phi) is 6.73. The van der Waals surface area contributed by atoms with Gasteiger partial charge in [-0.1, -0.05) is 11.8 Å². The standard InChI is InChI=1S/C19H26N4O3S/c1-13(2)23-18(14-6-8-15(25-3)9-7-14)21-22-19(23)27-12-17(24)20-11-16-5-4-10-26-16/h6-9,13,16H,4-5,10-12H2,1-3H3,(H,20,24). The van der Waals surface area contributed by atoms with E-state index in [0.717, 1.165) is 41.7 Å². The number of amides is 1. The molecule has 0 spiro atoms. The van der Waals surface area contributed by atoms with E-state index in [-0.39, 0.29) is 18.1 Å². The van der Waals surface area contributed by atoms with E-state index in [2.05, 4.69) is 33.9 Å². The van der Waals surface area contributed by atoms with E-state index in [0.29, 0.717) is 12.3 Å². The van der Waals surface area contributed by atoms with Gasteiger partial charge in [-0.3, -0.25) is 9.36 Å². The summed E-state index contributed by atoms with van der Waals surface area (Å²) in [5.41, 5.74) is 0.965. The van der Waals surface area contributed by atoms with Gasteiger partial charge in [0.25, 0.3) is 0 Å². The highest BCUT2D eigenvalue weighted by molar-refractivity contribution is 7.99. The van der Waals surface area contributed by atoms with Crippen molar-refractivity contribution in [2.75, 3.05) is 26.0 Å². The number of aromatic nitrogens is 3. The van der Waals surface area contributed by atoms with Crippen molar-refractivity contribution in [2.45, 2.75) is 44.0 Å². The molecule has 0 bridgehead atoms. The molecule has 8 heteroatoms. The van der Waals surface area contributed by atoms with Gasteiger partial charge in [-0.25, -0.2) is 0 Å². The third kappa shape index (κ3) is 5.01. The average Bonchev–Trinajstić information content (AvgIpc) is 3.34. The number of rotatable bonds is 8. The van der Waals surface area contributed by atoms with Crippen LogP contribution in [-0.2, 0) is 9.53 Å². The van der Waals surface area contributed by atoms with Gasteiger partial charge >= 0.3 is 0 Å². The molecule has 146 valence electrons. The summed E-state index contributed by atoms with van der Waals surface area (Å²) in [7, 11) is 1.64. The van der Waals surface area contributed by atoms with Crippen LogP contribution < -0.4 is 10.1 Å². The van der Waals surface area contributed by atoms with Crippen LogP contribution in [0.1, 0.15) is 32.7 Å². The van der Waals surface area contributed by atoms with Crippen molar-refractivity contribution in [3.63, 3.8) is 0 Å². The van der Waals surface area contributed by atoms with Crippen LogP contribution in [-0.4, -0.2) is 52.8 Å². The molecule has 1 aliphatic heterocycles. The van der Waals surface area contributed by atoms with Crippen molar-refractivity contribution in [1.29, 1.82) is 0 Å². The molecule has 2 aromatic rings. The molecule has 0 radical (unpaired) electrons. The molecule has 1 saturated heterocycles. The van der Waals surface area contributed by atoms with Crippen molar-refractivity contribution >= 4 is 17.7 Å².